The second kappa shape index (κ2) is 3.07. The molecule has 0 bridgehead atoms. The monoisotopic (exact) mass is 183 g/mol. The van der Waals surface area contributed by atoms with Gasteiger partial charge in [0.25, 0.3) is 0 Å². The van der Waals surface area contributed by atoms with Gasteiger partial charge in [0.15, 0.2) is 0 Å². The van der Waals surface area contributed by atoms with E-state index in [4.69, 9.17) is 5.73 Å². The number of nitrogens with two attached hydrogens (primary N) is 1. The molecule has 0 amide bonds. The summed E-state index contributed by atoms with van der Waals surface area (Å²) in [5.74, 6) is 0.838. The number of halogens is 1. The van der Waals surface area contributed by atoms with Gasteiger partial charge in [0.1, 0.15) is 5.82 Å². The normalized spacial score (nSPS) is 22.0. The van der Waals surface area contributed by atoms with Crippen LogP contribution in [0.15, 0.2) is 23.1 Å². The number of fused-ring (bicyclic) bond motifs is 1. The predicted molar refractivity (Wildman–Crippen MR) is 48.7 cm³/mol. The lowest BCUT2D eigenvalue weighted by Gasteiger charge is -2.21. The highest BCUT2D eigenvalue weighted by Crippen LogP contribution is 2.35. The van der Waals surface area contributed by atoms with Gasteiger partial charge in [0.2, 0.25) is 0 Å². The average Bonchev–Trinajstić information content (AvgIpc) is 2.04. The van der Waals surface area contributed by atoms with Gasteiger partial charge in [-0.2, -0.15) is 0 Å². The minimum atomic E-state index is -0.160. The zero-order chi connectivity index (χ0) is 8.55. The van der Waals surface area contributed by atoms with E-state index in [1.165, 1.54) is 6.07 Å². The molecule has 3 heteroatoms. The lowest BCUT2D eigenvalue weighted by atomic mass is 10.0. The van der Waals surface area contributed by atoms with Crippen molar-refractivity contribution >= 4 is 11.8 Å². The molecule has 0 fully saturated rings. The summed E-state index contributed by atoms with van der Waals surface area (Å²) in [4.78, 5) is 1.01. The molecule has 1 unspecified atom stereocenters. The molecule has 1 nitrogen and oxygen atoms in total. The first-order chi connectivity index (χ1) is 5.79. The third kappa shape index (κ3) is 1.23. The van der Waals surface area contributed by atoms with Crippen LogP contribution in [-0.4, -0.2) is 5.75 Å². The van der Waals surface area contributed by atoms with Crippen LogP contribution < -0.4 is 5.73 Å². The lowest BCUT2D eigenvalue weighted by molar-refractivity contribution is 0.563. The number of benzene rings is 1. The van der Waals surface area contributed by atoms with Crippen LogP contribution in [0.4, 0.5) is 4.39 Å². The number of thioether (sulfide) groups is 1. The van der Waals surface area contributed by atoms with Crippen molar-refractivity contribution in [1.29, 1.82) is 0 Å². The molecular weight excluding hydrogens is 173 g/mol. The number of rotatable bonds is 0. The zero-order valence-electron chi connectivity index (χ0n) is 6.59. The van der Waals surface area contributed by atoms with Crippen LogP contribution in [-0.2, 0) is 0 Å². The molecule has 1 aliphatic heterocycles. The molecule has 0 saturated carbocycles. The van der Waals surface area contributed by atoms with Gasteiger partial charge in [0, 0.05) is 16.5 Å². The lowest BCUT2D eigenvalue weighted by Crippen LogP contribution is -2.17. The zero-order valence-corrected chi connectivity index (χ0v) is 7.40. The molecule has 0 spiro atoms. The van der Waals surface area contributed by atoms with Gasteiger partial charge in [0.05, 0.1) is 0 Å². The van der Waals surface area contributed by atoms with Gasteiger partial charge in [-0.25, -0.2) is 4.39 Å². The Kier molecular flexibility index (Phi) is 2.07. The molecule has 1 aromatic carbocycles. The van der Waals surface area contributed by atoms with Gasteiger partial charge in [-0.1, -0.05) is 6.07 Å². The Morgan fingerprint density at radius 1 is 1.50 bits per heavy atom. The van der Waals surface area contributed by atoms with Gasteiger partial charge < -0.3 is 5.73 Å². The molecule has 1 aliphatic rings. The second-order valence-corrected chi connectivity index (χ2v) is 4.03. The Bertz CT molecular complexity index is 301. The smallest absolute Gasteiger partial charge is 0.129 e. The largest absolute Gasteiger partial charge is 0.324 e. The van der Waals surface area contributed by atoms with E-state index < -0.39 is 0 Å². The molecule has 64 valence electrons. The van der Waals surface area contributed by atoms with Crippen LogP contribution in [0.3, 0.4) is 0 Å². The van der Waals surface area contributed by atoms with Gasteiger partial charge in [-0.15, -0.1) is 11.8 Å². The number of hydrogen-bond acceptors (Lipinski definition) is 2. The topological polar surface area (TPSA) is 26.0 Å². The maximum atomic E-state index is 13.2. The van der Waals surface area contributed by atoms with E-state index in [1.54, 1.807) is 17.8 Å². The molecule has 0 aromatic heterocycles. The highest BCUT2D eigenvalue weighted by molar-refractivity contribution is 7.99. The molecule has 2 rings (SSSR count). The van der Waals surface area contributed by atoms with Crippen molar-refractivity contribution in [2.75, 3.05) is 5.75 Å². The average molecular weight is 183 g/mol. The van der Waals surface area contributed by atoms with E-state index in [0.29, 0.717) is 5.56 Å². The van der Waals surface area contributed by atoms with E-state index in [1.807, 2.05) is 6.07 Å². The molecule has 2 N–H and O–H groups in total. The fraction of sp³-hybridized carbons (Fsp3) is 0.333. The Morgan fingerprint density at radius 2 is 2.33 bits per heavy atom. The highest BCUT2D eigenvalue weighted by atomic mass is 32.2. The Labute approximate surface area is 75.1 Å². The summed E-state index contributed by atoms with van der Waals surface area (Å²) in [6, 6.07) is 5.04. The third-order valence-electron chi connectivity index (χ3n) is 2.07. The van der Waals surface area contributed by atoms with E-state index in [-0.39, 0.29) is 11.9 Å². The van der Waals surface area contributed by atoms with E-state index in [2.05, 4.69) is 0 Å². The minimum absolute atomic E-state index is 0.109. The first-order valence-corrected chi connectivity index (χ1v) is 4.94. The van der Waals surface area contributed by atoms with Crippen molar-refractivity contribution < 1.29 is 4.39 Å². The van der Waals surface area contributed by atoms with Crippen LogP contribution in [0.25, 0.3) is 0 Å². The van der Waals surface area contributed by atoms with Crippen LogP contribution in [0.1, 0.15) is 18.0 Å². The molecule has 0 aliphatic carbocycles. The first-order valence-electron chi connectivity index (χ1n) is 3.96. The summed E-state index contributed by atoms with van der Waals surface area (Å²) < 4.78 is 13.2. The summed E-state index contributed by atoms with van der Waals surface area (Å²) in [7, 11) is 0. The summed E-state index contributed by atoms with van der Waals surface area (Å²) in [5, 5.41) is 0. The van der Waals surface area contributed by atoms with Crippen molar-refractivity contribution in [3.8, 4) is 0 Å². The van der Waals surface area contributed by atoms with Crippen molar-refractivity contribution in [3.63, 3.8) is 0 Å². The van der Waals surface area contributed by atoms with Gasteiger partial charge in [-0.05, 0) is 24.3 Å². The van der Waals surface area contributed by atoms with Crippen molar-refractivity contribution in [3.05, 3.63) is 29.6 Å². The van der Waals surface area contributed by atoms with Crippen molar-refractivity contribution in [1.82, 2.24) is 0 Å². The third-order valence-corrected chi connectivity index (χ3v) is 3.18. The molecule has 1 aromatic rings. The maximum absolute atomic E-state index is 13.2. The van der Waals surface area contributed by atoms with E-state index in [0.717, 1.165) is 17.1 Å². The fourth-order valence-corrected chi connectivity index (χ4v) is 2.61. The summed E-state index contributed by atoms with van der Waals surface area (Å²) in [6.07, 6.45) is 0.874. The van der Waals surface area contributed by atoms with Gasteiger partial charge >= 0.3 is 0 Å². The van der Waals surface area contributed by atoms with Crippen molar-refractivity contribution in [2.45, 2.75) is 17.4 Å². The number of hydrogen-bond donors (Lipinski definition) is 1. The fourth-order valence-electron chi connectivity index (χ4n) is 1.44. The standard InChI is InChI=1S/C9H10FNS/c10-6-2-1-3-8-9(6)7(11)4-5-12-8/h1-3,7H,4-5,11H2. The SMILES string of the molecule is NC1CCSc2cccc(F)c21. The maximum Gasteiger partial charge on any atom is 0.129 e. The Balaban J connectivity index is 2.53. The summed E-state index contributed by atoms with van der Waals surface area (Å²) in [6.45, 7) is 0. The summed E-state index contributed by atoms with van der Waals surface area (Å²) >= 11 is 1.69. The Hall–Kier alpha value is -0.540. The predicted octanol–water partition coefficient (Wildman–Crippen LogP) is 2.32. The molecule has 1 heterocycles. The van der Waals surface area contributed by atoms with Crippen LogP contribution in [0, 0.1) is 5.82 Å². The van der Waals surface area contributed by atoms with Gasteiger partial charge in [-0.3, -0.25) is 0 Å². The van der Waals surface area contributed by atoms with Crippen LogP contribution in [0.5, 0.6) is 0 Å². The van der Waals surface area contributed by atoms with E-state index >= 15 is 0 Å². The van der Waals surface area contributed by atoms with Crippen LogP contribution >= 0.6 is 11.8 Å². The molecule has 0 radical (unpaired) electrons. The Morgan fingerprint density at radius 3 is 3.08 bits per heavy atom. The quantitative estimate of drug-likeness (QED) is 0.668. The second-order valence-electron chi connectivity index (χ2n) is 2.90. The molecular formula is C9H10FNS. The molecule has 1 atom stereocenters. The molecule has 0 saturated heterocycles. The van der Waals surface area contributed by atoms with E-state index in [9.17, 15) is 4.39 Å². The molecule has 12 heavy (non-hydrogen) atoms. The highest BCUT2D eigenvalue weighted by Gasteiger charge is 2.20. The summed E-state index contributed by atoms with van der Waals surface area (Å²) in [5.41, 5.74) is 6.50. The van der Waals surface area contributed by atoms with Crippen LogP contribution in [0.2, 0.25) is 0 Å². The first kappa shape index (κ1) is 8.08. The minimum Gasteiger partial charge on any atom is -0.324 e. The van der Waals surface area contributed by atoms with Crippen molar-refractivity contribution in [2.24, 2.45) is 5.73 Å².